The summed E-state index contributed by atoms with van der Waals surface area (Å²) < 4.78 is 5.42. The zero-order valence-corrected chi connectivity index (χ0v) is 8.33. The third kappa shape index (κ3) is 2.14. The van der Waals surface area contributed by atoms with Crippen molar-refractivity contribution in [1.29, 1.82) is 0 Å². The molecule has 5 heteroatoms. The van der Waals surface area contributed by atoms with Gasteiger partial charge in [0, 0.05) is 6.20 Å². The monoisotopic (exact) mass is 215 g/mol. The number of rotatable bonds is 3. The minimum Gasteiger partial charge on any atom is -0.438 e. The van der Waals surface area contributed by atoms with Crippen molar-refractivity contribution in [2.75, 3.05) is 0 Å². The number of amides is 1. The summed E-state index contributed by atoms with van der Waals surface area (Å²) >= 11 is 0. The highest BCUT2D eigenvalue weighted by molar-refractivity contribution is 5.94. The van der Waals surface area contributed by atoms with Crippen LogP contribution in [-0.4, -0.2) is 15.9 Å². The van der Waals surface area contributed by atoms with Gasteiger partial charge in [-0.05, 0) is 12.1 Å². The minimum absolute atomic E-state index is 0.159. The molecule has 1 aromatic heterocycles. The Hall–Kier alpha value is -2.43. The van der Waals surface area contributed by atoms with Crippen molar-refractivity contribution in [3.05, 3.63) is 48.4 Å². The second-order valence-electron chi connectivity index (χ2n) is 3.02. The van der Waals surface area contributed by atoms with E-state index in [9.17, 15) is 4.79 Å². The molecule has 0 atom stereocenters. The lowest BCUT2D eigenvalue weighted by Crippen LogP contribution is -2.13. The number of benzene rings is 1. The molecule has 0 radical (unpaired) electrons. The Kier molecular flexibility index (Phi) is 2.77. The Balaban J connectivity index is 2.31. The largest absolute Gasteiger partial charge is 0.438 e. The molecule has 0 aliphatic rings. The van der Waals surface area contributed by atoms with Crippen molar-refractivity contribution in [2.45, 2.75) is 0 Å². The number of carbonyl (C=O) groups excluding carboxylic acids is 1. The quantitative estimate of drug-likeness (QED) is 0.838. The molecule has 0 aliphatic heterocycles. The van der Waals surface area contributed by atoms with E-state index >= 15 is 0 Å². The highest BCUT2D eigenvalue weighted by atomic mass is 16.5. The average molecular weight is 215 g/mol. The first kappa shape index (κ1) is 10.1. The Bertz CT molecular complexity index is 500. The number of nitrogens with zero attached hydrogens (tertiary/aromatic N) is 2. The SMILES string of the molecule is NC(=O)c1cncnc1Oc1ccccc1. The van der Waals surface area contributed by atoms with Gasteiger partial charge in [0.25, 0.3) is 5.91 Å². The van der Waals surface area contributed by atoms with Gasteiger partial charge in [-0.3, -0.25) is 4.79 Å². The van der Waals surface area contributed by atoms with Gasteiger partial charge >= 0.3 is 0 Å². The van der Waals surface area contributed by atoms with E-state index in [-0.39, 0.29) is 11.4 Å². The molecule has 0 fully saturated rings. The molecule has 0 saturated carbocycles. The van der Waals surface area contributed by atoms with Crippen molar-refractivity contribution < 1.29 is 9.53 Å². The zero-order valence-electron chi connectivity index (χ0n) is 8.33. The van der Waals surface area contributed by atoms with Crippen LogP contribution in [0, 0.1) is 0 Å². The summed E-state index contributed by atoms with van der Waals surface area (Å²) in [7, 11) is 0. The summed E-state index contributed by atoms with van der Waals surface area (Å²) in [6, 6.07) is 9.02. The van der Waals surface area contributed by atoms with Crippen LogP contribution < -0.4 is 10.5 Å². The van der Waals surface area contributed by atoms with Crippen molar-refractivity contribution in [3.63, 3.8) is 0 Å². The van der Waals surface area contributed by atoms with Gasteiger partial charge in [-0.1, -0.05) is 18.2 Å². The third-order valence-corrected chi connectivity index (χ3v) is 1.90. The molecule has 80 valence electrons. The molecule has 0 saturated heterocycles. The van der Waals surface area contributed by atoms with Crippen LogP contribution in [0.1, 0.15) is 10.4 Å². The first-order valence-electron chi connectivity index (χ1n) is 4.60. The highest BCUT2D eigenvalue weighted by Gasteiger charge is 2.11. The van der Waals surface area contributed by atoms with E-state index in [0.717, 1.165) is 0 Å². The van der Waals surface area contributed by atoms with E-state index in [1.165, 1.54) is 12.5 Å². The fourth-order valence-electron chi connectivity index (χ4n) is 1.17. The summed E-state index contributed by atoms with van der Waals surface area (Å²) in [5.41, 5.74) is 5.33. The summed E-state index contributed by atoms with van der Waals surface area (Å²) in [5, 5.41) is 0. The molecule has 0 unspecified atom stereocenters. The molecule has 2 rings (SSSR count). The molecular weight excluding hydrogens is 206 g/mol. The normalized spacial score (nSPS) is 9.75. The lowest BCUT2D eigenvalue weighted by molar-refractivity contribution is 0.0997. The fourth-order valence-corrected chi connectivity index (χ4v) is 1.17. The Morgan fingerprint density at radius 2 is 2.00 bits per heavy atom. The molecule has 1 aromatic carbocycles. The first-order chi connectivity index (χ1) is 7.77. The number of ether oxygens (including phenoxy) is 1. The van der Waals surface area contributed by atoms with Crippen LogP contribution in [0.3, 0.4) is 0 Å². The van der Waals surface area contributed by atoms with E-state index in [4.69, 9.17) is 10.5 Å². The summed E-state index contributed by atoms with van der Waals surface area (Å²) in [6.45, 7) is 0. The van der Waals surface area contributed by atoms with Gasteiger partial charge in [0.1, 0.15) is 17.6 Å². The van der Waals surface area contributed by atoms with Gasteiger partial charge < -0.3 is 10.5 Å². The predicted octanol–water partition coefficient (Wildman–Crippen LogP) is 1.37. The van der Waals surface area contributed by atoms with Crippen LogP contribution >= 0.6 is 0 Å². The van der Waals surface area contributed by atoms with E-state index in [1.807, 2.05) is 18.2 Å². The number of hydrogen-bond acceptors (Lipinski definition) is 4. The van der Waals surface area contributed by atoms with E-state index in [2.05, 4.69) is 9.97 Å². The average Bonchev–Trinajstić information content (AvgIpc) is 2.31. The van der Waals surface area contributed by atoms with Gasteiger partial charge in [-0.2, -0.15) is 0 Å². The first-order valence-corrected chi connectivity index (χ1v) is 4.60. The van der Waals surface area contributed by atoms with Crippen molar-refractivity contribution in [3.8, 4) is 11.6 Å². The van der Waals surface area contributed by atoms with Gasteiger partial charge in [-0.25, -0.2) is 9.97 Å². The van der Waals surface area contributed by atoms with Gasteiger partial charge in [0.2, 0.25) is 5.88 Å². The Labute approximate surface area is 91.9 Å². The maximum absolute atomic E-state index is 11.1. The van der Waals surface area contributed by atoms with Crippen LogP contribution in [0.2, 0.25) is 0 Å². The molecule has 16 heavy (non-hydrogen) atoms. The molecule has 0 aliphatic carbocycles. The van der Waals surface area contributed by atoms with E-state index in [1.54, 1.807) is 12.1 Å². The second-order valence-corrected chi connectivity index (χ2v) is 3.02. The molecule has 1 amide bonds. The van der Waals surface area contributed by atoms with Crippen LogP contribution in [0.5, 0.6) is 11.6 Å². The second kappa shape index (κ2) is 4.39. The predicted molar refractivity (Wildman–Crippen MR) is 57.1 cm³/mol. The standard InChI is InChI=1S/C11H9N3O2/c12-10(15)9-6-13-7-14-11(9)16-8-4-2-1-3-5-8/h1-7H,(H2,12,15). The van der Waals surface area contributed by atoms with Crippen LogP contribution in [0.15, 0.2) is 42.9 Å². The number of aromatic nitrogens is 2. The van der Waals surface area contributed by atoms with E-state index < -0.39 is 5.91 Å². The minimum atomic E-state index is -0.619. The van der Waals surface area contributed by atoms with E-state index in [0.29, 0.717) is 5.75 Å². The number of primary amides is 1. The molecule has 5 nitrogen and oxygen atoms in total. The Morgan fingerprint density at radius 1 is 1.25 bits per heavy atom. The maximum atomic E-state index is 11.1. The molecule has 0 spiro atoms. The van der Waals surface area contributed by atoms with Crippen LogP contribution in [0.4, 0.5) is 0 Å². The highest BCUT2D eigenvalue weighted by Crippen LogP contribution is 2.21. The van der Waals surface area contributed by atoms with Crippen molar-refractivity contribution in [1.82, 2.24) is 9.97 Å². The number of hydrogen-bond donors (Lipinski definition) is 1. The van der Waals surface area contributed by atoms with Gasteiger partial charge in [0.15, 0.2) is 0 Å². The lowest BCUT2D eigenvalue weighted by atomic mass is 10.3. The molecule has 2 aromatic rings. The Morgan fingerprint density at radius 3 is 2.69 bits per heavy atom. The van der Waals surface area contributed by atoms with Gasteiger partial charge in [0.05, 0.1) is 0 Å². The van der Waals surface area contributed by atoms with Crippen molar-refractivity contribution >= 4 is 5.91 Å². The number of nitrogens with two attached hydrogens (primary N) is 1. The summed E-state index contributed by atoms with van der Waals surface area (Å²) in [4.78, 5) is 18.7. The topological polar surface area (TPSA) is 78.1 Å². The smallest absolute Gasteiger partial charge is 0.255 e. The molecular formula is C11H9N3O2. The zero-order chi connectivity index (χ0) is 11.4. The number of para-hydroxylation sites is 1. The van der Waals surface area contributed by atoms with Crippen LogP contribution in [0.25, 0.3) is 0 Å². The lowest BCUT2D eigenvalue weighted by Gasteiger charge is -2.06. The maximum Gasteiger partial charge on any atom is 0.255 e. The summed E-state index contributed by atoms with van der Waals surface area (Å²) in [5.74, 6) is 0.129. The van der Waals surface area contributed by atoms with Gasteiger partial charge in [-0.15, -0.1) is 0 Å². The number of carbonyl (C=O) groups is 1. The van der Waals surface area contributed by atoms with Crippen molar-refractivity contribution in [2.24, 2.45) is 5.73 Å². The summed E-state index contributed by atoms with van der Waals surface area (Å²) in [6.07, 6.45) is 2.62. The fraction of sp³-hybridized carbons (Fsp3) is 0. The molecule has 1 heterocycles. The molecule has 2 N–H and O–H groups in total. The third-order valence-electron chi connectivity index (χ3n) is 1.90. The molecule has 0 bridgehead atoms. The van der Waals surface area contributed by atoms with Crippen LogP contribution in [-0.2, 0) is 0 Å².